The van der Waals surface area contributed by atoms with Gasteiger partial charge in [-0.1, -0.05) is 0 Å². The van der Waals surface area contributed by atoms with Crippen molar-refractivity contribution in [3.8, 4) is 0 Å². The third-order valence-corrected chi connectivity index (χ3v) is 3.49. The Morgan fingerprint density at radius 2 is 2.24 bits per heavy atom. The zero-order valence-electron chi connectivity index (χ0n) is 12.6. The molecule has 2 rings (SSSR count). The van der Waals surface area contributed by atoms with Gasteiger partial charge >= 0.3 is 0 Å². The first-order valence-corrected chi connectivity index (χ1v) is 7.53. The number of hydrogen-bond donors (Lipinski definition) is 2. The predicted molar refractivity (Wildman–Crippen MR) is 82.9 cm³/mol. The number of fused-ring (bicyclic) bond motifs is 1. The second-order valence-electron chi connectivity index (χ2n) is 5.12. The highest BCUT2D eigenvalue weighted by atomic mass is 16.5. The van der Waals surface area contributed by atoms with E-state index in [1.54, 1.807) is 7.11 Å². The van der Waals surface area contributed by atoms with Gasteiger partial charge in [-0.2, -0.15) is 0 Å². The van der Waals surface area contributed by atoms with Crippen LogP contribution in [0.5, 0.6) is 0 Å². The summed E-state index contributed by atoms with van der Waals surface area (Å²) in [7, 11) is 1.65. The molecule has 1 aliphatic rings. The van der Waals surface area contributed by atoms with Crippen LogP contribution in [0.2, 0.25) is 0 Å². The Hall–Kier alpha value is -1.59. The van der Waals surface area contributed by atoms with Crippen molar-refractivity contribution in [3.63, 3.8) is 0 Å². The minimum absolute atomic E-state index is 0.0136. The number of benzene rings is 1. The first-order valence-electron chi connectivity index (χ1n) is 7.53. The molecule has 0 fully saturated rings. The van der Waals surface area contributed by atoms with Gasteiger partial charge < -0.3 is 20.1 Å². The molecule has 2 N–H and O–H groups in total. The average Bonchev–Trinajstić information content (AvgIpc) is 2.53. The molecular weight excluding hydrogens is 268 g/mol. The number of methoxy groups -OCH3 is 1. The molecule has 21 heavy (non-hydrogen) atoms. The van der Waals surface area contributed by atoms with Crippen LogP contribution in [0, 0.1) is 0 Å². The number of nitrogens with one attached hydrogen (secondary N) is 2. The summed E-state index contributed by atoms with van der Waals surface area (Å²) in [5.74, 6) is -0.0136. The minimum Gasteiger partial charge on any atom is -0.385 e. The van der Waals surface area contributed by atoms with Crippen molar-refractivity contribution in [2.75, 3.05) is 45.3 Å². The molecule has 0 saturated heterocycles. The third-order valence-electron chi connectivity index (χ3n) is 3.49. The molecule has 0 saturated carbocycles. The maximum atomic E-state index is 12.1. The molecule has 1 heterocycles. The van der Waals surface area contributed by atoms with Crippen molar-refractivity contribution >= 4 is 11.6 Å². The van der Waals surface area contributed by atoms with E-state index in [9.17, 15) is 4.79 Å². The van der Waals surface area contributed by atoms with Crippen LogP contribution in [-0.2, 0) is 15.9 Å². The van der Waals surface area contributed by atoms with E-state index in [1.807, 2.05) is 18.2 Å². The summed E-state index contributed by atoms with van der Waals surface area (Å²) in [4.78, 5) is 12.1. The molecule has 0 spiro atoms. The Labute approximate surface area is 126 Å². The lowest BCUT2D eigenvalue weighted by molar-refractivity contribution is 0.0688. The van der Waals surface area contributed by atoms with E-state index in [4.69, 9.17) is 9.47 Å². The highest BCUT2D eigenvalue weighted by Gasteiger charge is 2.12. The monoisotopic (exact) mass is 292 g/mol. The Balaban J connectivity index is 1.71. The van der Waals surface area contributed by atoms with E-state index >= 15 is 0 Å². The molecule has 0 bridgehead atoms. The molecule has 5 heteroatoms. The van der Waals surface area contributed by atoms with Gasteiger partial charge in [0.1, 0.15) is 0 Å². The van der Waals surface area contributed by atoms with Crippen LogP contribution in [0.1, 0.15) is 28.8 Å². The molecule has 116 valence electrons. The van der Waals surface area contributed by atoms with Crippen LogP contribution in [-0.4, -0.2) is 45.9 Å². The smallest absolute Gasteiger partial charge is 0.251 e. The van der Waals surface area contributed by atoms with Crippen molar-refractivity contribution in [1.29, 1.82) is 0 Å². The van der Waals surface area contributed by atoms with Gasteiger partial charge in [0.05, 0.1) is 13.2 Å². The maximum Gasteiger partial charge on any atom is 0.251 e. The van der Waals surface area contributed by atoms with Gasteiger partial charge in [-0.3, -0.25) is 4.79 Å². The van der Waals surface area contributed by atoms with Gasteiger partial charge in [0.25, 0.3) is 5.91 Å². The molecule has 0 aromatic heterocycles. The van der Waals surface area contributed by atoms with Crippen molar-refractivity contribution < 1.29 is 14.3 Å². The van der Waals surface area contributed by atoms with E-state index in [-0.39, 0.29) is 5.91 Å². The Morgan fingerprint density at radius 1 is 1.33 bits per heavy atom. The lowest BCUT2D eigenvalue weighted by Gasteiger charge is -2.18. The topological polar surface area (TPSA) is 59.6 Å². The molecule has 1 aromatic rings. The van der Waals surface area contributed by atoms with Crippen molar-refractivity contribution in [2.45, 2.75) is 19.3 Å². The van der Waals surface area contributed by atoms with Crippen LogP contribution in [0.3, 0.4) is 0 Å². The molecule has 1 aromatic carbocycles. The van der Waals surface area contributed by atoms with Gasteiger partial charge in [0, 0.05) is 38.1 Å². The number of ether oxygens (including phenoxy) is 2. The Morgan fingerprint density at radius 3 is 3.10 bits per heavy atom. The van der Waals surface area contributed by atoms with E-state index in [0.29, 0.717) is 26.4 Å². The lowest BCUT2D eigenvalue weighted by atomic mass is 10.0. The van der Waals surface area contributed by atoms with Crippen LogP contribution in [0.4, 0.5) is 5.69 Å². The Bertz CT molecular complexity index is 463. The van der Waals surface area contributed by atoms with Gasteiger partial charge in [-0.25, -0.2) is 0 Å². The predicted octanol–water partition coefficient (Wildman–Crippen LogP) is 1.83. The number of rotatable bonds is 8. The molecule has 0 atom stereocenters. The van der Waals surface area contributed by atoms with Crippen molar-refractivity contribution in [3.05, 3.63) is 29.3 Å². The molecule has 1 aliphatic heterocycles. The second-order valence-corrected chi connectivity index (χ2v) is 5.12. The van der Waals surface area contributed by atoms with E-state index in [0.717, 1.165) is 37.1 Å². The van der Waals surface area contributed by atoms with Gasteiger partial charge in [-0.05, 0) is 43.0 Å². The first-order chi connectivity index (χ1) is 10.3. The largest absolute Gasteiger partial charge is 0.385 e. The highest BCUT2D eigenvalue weighted by Crippen LogP contribution is 2.22. The zero-order chi connectivity index (χ0) is 14.9. The zero-order valence-corrected chi connectivity index (χ0v) is 12.6. The van der Waals surface area contributed by atoms with Gasteiger partial charge in [0.15, 0.2) is 0 Å². The summed E-state index contributed by atoms with van der Waals surface area (Å²) in [5, 5.41) is 6.27. The standard InChI is InChI=1S/C16H24N2O3/c1-20-10-11-21-9-3-8-18-16(19)14-5-6-15-13(12-14)4-2-7-17-15/h5-6,12,17H,2-4,7-11H2,1H3,(H,18,19). The number of carbonyl (C=O) groups is 1. The van der Waals surface area contributed by atoms with E-state index in [1.165, 1.54) is 5.56 Å². The summed E-state index contributed by atoms with van der Waals surface area (Å²) in [5.41, 5.74) is 3.12. The number of anilines is 1. The van der Waals surface area contributed by atoms with E-state index in [2.05, 4.69) is 10.6 Å². The van der Waals surface area contributed by atoms with Crippen LogP contribution < -0.4 is 10.6 Å². The number of hydrogen-bond acceptors (Lipinski definition) is 4. The third kappa shape index (κ3) is 5.02. The number of aryl methyl sites for hydroxylation is 1. The molecule has 5 nitrogen and oxygen atoms in total. The fraction of sp³-hybridized carbons (Fsp3) is 0.562. The maximum absolute atomic E-state index is 12.1. The SMILES string of the molecule is COCCOCCCNC(=O)c1ccc2c(c1)CCCN2. The number of carbonyl (C=O) groups excluding carboxylic acids is 1. The fourth-order valence-electron chi connectivity index (χ4n) is 2.34. The molecule has 1 amide bonds. The summed E-state index contributed by atoms with van der Waals surface area (Å²) >= 11 is 0. The second kappa shape index (κ2) is 8.64. The molecule has 0 radical (unpaired) electrons. The average molecular weight is 292 g/mol. The van der Waals surface area contributed by atoms with Crippen LogP contribution in [0.25, 0.3) is 0 Å². The van der Waals surface area contributed by atoms with Crippen LogP contribution >= 0.6 is 0 Å². The molecule has 0 unspecified atom stereocenters. The summed E-state index contributed by atoms with van der Waals surface area (Å²) in [6.07, 6.45) is 2.97. The van der Waals surface area contributed by atoms with Gasteiger partial charge in [0.2, 0.25) is 0 Å². The van der Waals surface area contributed by atoms with Crippen molar-refractivity contribution in [1.82, 2.24) is 5.32 Å². The fourth-order valence-corrected chi connectivity index (χ4v) is 2.34. The first kappa shape index (κ1) is 15.8. The molecule has 0 aliphatic carbocycles. The normalized spacial score (nSPS) is 13.4. The van der Waals surface area contributed by atoms with Gasteiger partial charge in [-0.15, -0.1) is 0 Å². The summed E-state index contributed by atoms with van der Waals surface area (Å²) < 4.78 is 10.2. The number of amides is 1. The molecular formula is C16H24N2O3. The summed E-state index contributed by atoms with van der Waals surface area (Å²) in [6.45, 7) is 3.48. The Kier molecular flexibility index (Phi) is 6.50. The van der Waals surface area contributed by atoms with E-state index < -0.39 is 0 Å². The quantitative estimate of drug-likeness (QED) is 0.718. The van der Waals surface area contributed by atoms with Crippen molar-refractivity contribution in [2.24, 2.45) is 0 Å². The highest BCUT2D eigenvalue weighted by molar-refractivity contribution is 5.94. The van der Waals surface area contributed by atoms with Crippen LogP contribution in [0.15, 0.2) is 18.2 Å². The summed E-state index contributed by atoms with van der Waals surface area (Å²) in [6, 6.07) is 5.87. The minimum atomic E-state index is -0.0136. The lowest BCUT2D eigenvalue weighted by Crippen LogP contribution is -2.25.